The number of anilines is 3. The van der Waals surface area contributed by atoms with Crippen molar-refractivity contribution in [3.05, 3.63) is 70.6 Å². The lowest BCUT2D eigenvalue weighted by Gasteiger charge is -2.34. The van der Waals surface area contributed by atoms with Gasteiger partial charge in [-0.15, -0.1) is 11.3 Å². The van der Waals surface area contributed by atoms with Crippen molar-refractivity contribution in [2.45, 2.75) is 13.8 Å². The maximum absolute atomic E-state index is 11.8. The average Bonchev–Trinajstić information content (AvgIpc) is 3.38. The number of nitrogens with zero attached hydrogens (tertiary/aromatic N) is 5. The molecule has 0 atom stereocenters. The molecule has 0 amide bonds. The van der Waals surface area contributed by atoms with Gasteiger partial charge in [0.25, 0.3) is 0 Å². The summed E-state index contributed by atoms with van der Waals surface area (Å²) >= 11 is 1.52. The molecule has 1 fully saturated rings. The third-order valence-corrected chi connectivity index (χ3v) is 8.63. The number of fused-ring (bicyclic) bond motifs is 1. The standard InChI is InChI=1S/C28H28N6O3S2/c1-19-17-21(5-4-11-29)18-20(2)25(19)37-26-24-10-16-38-27(24)32-28(31-26)30-22-6-8-23(9-7-22)33-12-14-34(15-13-33)39(3,35)36/h4-10,16-18H,12-15H2,1-3H3,(H,30,31,32)/b5-4+. The first-order valence-electron chi connectivity index (χ1n) is 12.4. The first-order valence-corrected chi connectivity index (χ1v) is 15.1. The van der Waals surface area contributed by atoms with E-state index >= 15 is 0 Å². The number of nitriles is 1. The lowest BCUT2D eigenvalue weighted by atomic mass is 10.1. The minimum Gasteiger partial charge on any atom is -0.438 e. The number of aromatic nitrogens is 2. The number of thiophene rings is 1. The topological polar surface area (TPSA) is 111 Å². The molecule has 3 heterocycles. The van der Waals surface area contributed by atoms with E-state index in [-0.39, 0.29) is 0 Å². The van der Waals surface area contributed by atoms with Crippen molar-refractivity contribution in [2.75, 3.05) is 42.7 Å². The highest BCUT2D eigenvalue weighted by molar-refractivity contribution is 7.88. The van der Waals surface area contributed by atoms with E-state index < -0.39 is 10.0 Å². The molecule has 4 aromatic rings. The molecule has 5 rings (SSSR count). The van der Waals surface area contributed by atoms with Crippen LogP contribution in [0, 0.1) is 25.2 Å². The monoisotopic (exact) mass is 560 g/mol. The summed E-state index contributed by atoms with van der Waals surface area (Å²) < 4.78 is 31.4. The van der Waals surface area contributed by atoms with Gasteiger partial charge in [-0.05, 0) is 84.5 Å². The summed E-state index contributed by atoms with van der Waals surface area (Å²) in [6.45, 7) is 6.20. The van der Waals surface area contributed by atoms with E-state index in [0.717, 1.165) is 44.0 Å². The van der Waals surface area contributed by atoms with Crippen molar-refractivity contribution in [1.29, 1.82) is 5.26 Å². The Bertz CT molecular complexity index is 1660. The van der Waals surface area contributed by atoms with Crippen molar-refractivity contribution in [3.63, 3.8) is 0 Å². The van der Waals surface area contributed by atoms with Crippen LogP contribution in [0.2, 0.25) is 0 Å². The molecule has 9 nitrogen and oxygen atoms in total. The van der Waals surface area contributed by atoms with E-state index in [0.29, 0.717) is 38.0 Å². The predicted octanol–water partition coefficient (Wildman–Crippen LogP) is 5.46. The number of rotatable bonds is 7. The van der Waals surface area contributed by atoms with E-state index in [1.807, 2.05) is 67.8 Å². The lowest BCUT2D eigenvalue weighted by molar-refractivity contribution is 0.388. The third kappa shape index (κ3) is 6.04. The number of allylic oxidation sites excluding steroid dienone is 1. The van der Waals surface area contributed by atoms with Gasteiger partial charge in [0, 0.05) is 43.6 Å². The van der Waals surface area contributed by atoms with E-state index in [4.69, 9.17) is 15.0 Å². The largest absolute Gasteiger partial charge is 0.438 e. The van der Waals surface area contributed by atoms with Crippen LogP contribution >= 0.6 is 11.3 Å². The number of nitrogens with one attached hydrogen (secondary N) is 1. The number of hydrogen-bond donors (Lipinski definition) is 1. The molecule has 0 aliphatic carbocycles. The van der Waals surface area contributed by atoms with E-state index in [9.17, 15) is 8.42 Å². The summed E-state index contributed by atoms with van der Waals surface area (Å²) in [7, 11) is -3.16. The van der Waals surface area contributed by atoms with Crippen LogP contribution in [-0.4, -0.2) is 55.1 Å². The van der Waals surface area contributed by atoms with E-state index in [1.54, 1.807) is 6.08 Å². The van der Waals surface area contributed by atoms with E-state index in [1.165, 1.54) is 28.0 Å². The Morgan fingerprint density at radius 2 is 1.74 bits per heavy atom. The zero-order chi connectivity index (χ0) is 27.6. The van der Waals surface area contributed by atoms with Gasteiger partial charge in [0.2, 0.25) is 21.9 Å². The van der Waals surface area contributed by atoms with Crippen LogP contribution in [0.15, 0.2) is 53.9 Å². The summed E-state index contributed by atoms with van der Waals surface area (Å²) in [5.74, 6) is 1.62. The highest BCUT2D eigenvalue weighted by Gasteiger charge is 2.23. The van der Waals surface area contributed by atoms with Gasteiger partial charge in [-0.3, -0.25) is 0 Å². The van der Waals surface area contributed by atoms with Crippen molar-refractivity contribution in [3.8, 4) is 17.7 Å². The molecule has 2 aromatic heterocycles. The van der Waals surface area contributed by atoms with Crippen molar-refractivity contribution < 1.29 is 13.2 Å². The van der Waals surface area contributed by atoms with Gasteiger partial charge in [-0.2, -0.15) is 14.6 Å². The van der Waals surface area contributed by atoms with Crippen LogP contribution in [0.25, 0.3) is 16.3 Å². The Labute approximate surface area is 232 Å². The van der Waals surface area contributed by atoms with Crippen molar-refractivity contribution in [2.24, 2.45) is 0 Å². The molecule has 0 spiro atoms. The Hall–Kier alpha value is -3.98. The number of aryl methyl sites for hydroxylation is 2. The Kier molecular flexibility index (Phi) is 7.52. The third-order valence-electron chi connectivity index (χ3n) is 6.52. The maximum atomic E-state index is 11.8. The molecule has 1 saturated heterocycles. The fourth-order valence-electron chi connectivity index (χ4n) is 4.60. The molecule has 200 valence electrons. The SMILES string of the molecule is Cc1cc(/C=C/C#N)cc(C)c1Oc1nc(Nc2ccc(N3CCN(S(C)(=O)=O)CC3)cc2)nc2sccc12. The summed E-state index contributed by atoms with van der Waals surface area (Å²) in [6, 6.07) is 15.9. The Balaban J connectivity index is 1.34. The van der Waals surface area contributed by atoms with Gasteiger partial charge in [-0.25, -0.2) is 13.4 Å². The molecular weight excluding hydrogens is 532 g/mol. The van der Waals surface area contributed by atoms with Crippen LogP contribution in [0.4, 0.5) is 17.3 Å². The molecule has 0 radical (unpaired) electrons. The fourth-order valence-corrected chi connectivity index (χ4v) is 6.18. The van der Waals surface area contributed by atoms with Crippen LogP contribution in [0.1, 0.15) is 16.7 Å². The minimum atomic E-state index is -3.16. The molecule has 0 unspecified atom stereocenters. The maximum Gasteiger partial charge on any atom is 0.232 e. The molecule has 0 saturated carbocycles. The van der Waals surface area contributed by atoms with Crippen LogP contribution in [0.5, 0.6) is 11.6 Å². The second-order valence-corrected chi connectivity index (χ2v) is 12.2. The average molecular weight is 561 g/mol. The minimum absolute atomic E-state index is 0.429. The number of hydrogen-bond acceptors (Lipinski definition) is 9. The van der Waals surface area contributed by atoms with Gasteiger partial charge in [-0.1, -0.05) is 0 Å². The van der Waals surface area contributed by atoms with Gasteiger partial charge >= 0.3 is 0 Å². The van der Waals surface area contributed by atoms with Gasteiger partial charge in [0.1, 0.15) is 10.6 Å². The van der Waals surface area contributed by atoms with Crippen molar-refractivity contribution >= 4 is 55.0 Å². The molecule has 39 heavy (non-hydrogen) atoms. The number of ether oxygens (including phenoxy) is 1. The second kappa shape index (κ2) is 11.0. The van der Waals surface area contributed by atoms with Crippen LogP contribution < -0.4 is 15.0 Å². The molecular formula is C28H28N6O3S2. The van der Waals surface area contributed by atoms with Gasteiger partial charge < -0.3 is 15.0 Å². The van der Waals surface area contributed by atoms with Gasteiger partial charge in [0.15, 0.2) is 0 Å². The normalized spacial score (nSPS) is 14.6. The molecule has 1 aliphatic rings. The Morgan fingerprint density at radius 3 is 2.38 bits per heavy atom. The quantitative estimate of drug-likeness (QED) is 0.297. The summed E-state index contributed by atoms with van der Waals surface area (Å²) in [4.78, 5) is 12.4. The number of benzene rings is 2. The summed E-state index contributed by atoms with van der Waals surface area (Å²) in [5.41, 5.74) is 4.68. The first-order chi connectivity index (χ1) is 18.7. The van der Waals surface area contributed by atoms with Crippen molar-refractivity contribution in [1.82, 2.24) is 14.3 Å². The Morgan fingerprint density at radius 1 is 1.05 bits per heavy atom. The molecule has 11 heteroatoms. The van der Waals surface area contributed by atoms with E-state index in [2.05, 4.69) is 15.2 Å². The predicted molar refractivity (Wildman–Crippen MR) is 156 cm³/mol. The zero-order valence-corrected chi connectivity index (χ0v) is 23.5. The summed E-state index contributed by atoms with van der Waals surface area (Å²) in [5, 5.41) is 14.9. The molecule has 1 N–H and O–H groups in total. The highest BCUT2D eigenvalue weighted by atomic mass is 32.2. The smallest absolute Gasteiger partial charge is 0.232 e. The van der Waals surface area contributed by atoms with Crippen LogP contribution in [0.3, 0.4) is 0 Å². The second-order valence-electron chi connectivity index (χ2n) is 9.36. The van der Waals surface area contributed by atoms with Crippen LogP contribution in [-0.2, 0) is 10.0 Å². The summed E-state index contributed by atoms with van der Waals surface area (Å²) in [6.07, 6.45) is 4.48. The molecule has 1 aliphatic heterocycles. The number of piperazine rings is 1. The highest BCUT2D eigenvalue weighted by Crippen LogP contribution is 2.35. The lowest BCUT2D eigenvalue weighted by Crippen LogP contribution is -2.48. The molecule has 2 aromatic carbocycles. The fraction of sp³-hybridized carbons (Fsp3) is 0.250. The zero-order valence-electron chi connectivity index (χ0n) is 21.9. The number of sulfonamides is 1. The van der Waals surface area contributed by atoms with Gasteiger partial charge in [0.05, 0.1) is 17.7 Å². The first kappa shape index (κ1) is 26.6. The molecule has 0 bridgehead atoms.